The van der Waals surface area contributed by atoms with Crippen LogP contribution in [0.3, 0.4) is 0 Å². The Balaban J connectivity index is 2.17. The molecule has 23 heavy (non-hydrogen) atoms. The van der Waals surface area contributed by atoms with Gasteiger partial charge in [-0.15, -0.1) is 0 Å². The monoisotopic (exact) mass is 325 g/mol. The molecule has 0 unspecified atom stereocenters. The first-order valence-electron chi connectivity index (χ1n) is 8.68. The molecular formula is C17H31N3O3. The van der Waals surface area contributed by atoms with Crippen molar-refractivity contribution in [1.29, 1.82) is 0 Å². The van der Waals surface area contributed by atoms with Gasteiger partial charge in [0, 0.05) is 37.9 Å². The van der Waals surface area contributed by atoms with Gasteiger partial charge in [-0.25, -0.2) is 0 Å². The predicted molar refractivity (Wildman–Crippen MR) is 90.0 cm³/mol. The largest absolute Gasteiger partial charge is 0.352 e. The Kier molecular flexibility index (Phi) is 8.84. The number of likely N-dealkylation sites (N-methyl/N-ethyl adjacent to an activating group) is 1. The number of ketones is 1. The van der Waals surface area contributed by atoms with E-state index in [0.29, 0.717) is 32.5 Å². The van der Waals surface area contributed by atoms with Crippen LogP contribution < -0.4 is 10.6 Å². The molecule has 0 atom stereocenters. The number of hydrogen-bond acceptors (Lipinski definition) is 4. The highest BCUT2D eigenvalue weighted by molar-refractivity contribution is 5.80. The van der Waals surface area contributed by atoms with Crippen LogP contribution in [0.15, 0.2) is 0 Å². The van der Waals surface area contributed by atoms with Crippen LogP contribution in [0.5, 0.6) is 0 Å². The van der Waals surface area contributed by atoms with Gasteiger partial charge >= 0.3 is 0 Å². The summed E-state index contributed by atoms with van der Waals surface area (Å²) in [6.45, 7) is 5.55. The van der Waals surface area contributed by atoms with Gasteiger partial charge in [0.25, 0.3) is 0 Å². The Morgan fingerprint density at radius 3 is 2.26 bits per heavy atom. The molecule has 132 valence electrons. The van der Waals surface area contributed by atoms with E-state index < -0.39 is 0 Å². The summed E-state index contributed by atoms with van der Waals surface area (Å²) in [7, 11) is 1.75. The lowest BCUT2D eigenvalue weighted by Crippen LogP contribution is -2.48. The van der Waals surface area contributed by atoms with Crippen LogP contribution in [0, 0.1) is 5.92 Å². The van der Waals surface area contributed by atoms with Crippen LogP contribution in [0.2, 0.25) is 0 Å². The molecule has 1 rings (SSSR count). The molecule has 6 heteroatoms. The quantitative estimate of drug-likeness (QED) is 0.622. The highest BCUT2D eigenvalue weighted by Crippen LogP contribution is 2.13. The molecule has 0 bridgehead atoms. The maximum Gasteiger partial charge on any atom is 0.234 e. The summed E-state index contributed by atoms with van der Waals surface area (Å²) >= 11 is 0. The molecule has 0 aliphatic carbocycles. The van der Waals surface area contributed by atoms with Gasteiger partial charge in [-0.3, -0.25) is 14.4 Å². The molecule has 0 aromatic carbocycles. The third-order valence-electron chi connectivity index (χ3n) is 4.26. The molecule has 1 aliphatic heterocycles. The van der Waals surface area contributed by atoms with E-state index in [4.69, 9.17) is 0 Å². The molecule has 2 amide bonds. The number of unbranched alkanes of at least 4 members (excludes halogenated alkanes) is 1. The minimum atomic E-state index is 0.00657. The Bertz CT molecular complexity index is 402. The van der Waals surface area contributed by atoms with Crippen LogP contribution in [0.25, 0.3) is 0 Å². The van der Waals surface area contributed by atoms with Gasteiger partial charge in [-0.1, -0.05) is 13.8 Å². The first-order valence-corrected chi connectivity index (χ1v) is 8.68. The predicted octanol–water partition coefficient (Wildman–Crippen LogP) is 1.10. The average Bonchev–Trinajstić information content (AvgIpc) is 2.51. The standard InChI is InChI=1S/C17H31N3O3/c1-13(2)15(21)6-4-5-7-17(23)20-10-8-14(9-11-20)19-16(22)12-18-3/h13-14,18H,4-12H2,1-3H3,(H,19,22). The molecule has 1 aliphatic rings. The lowest BCUT2D eigenvalue weighted by atomic mass is 10.0. The van der Waals surface area contributed by atoms with E-state index in [0.717, 1.165) is 25.7 Å². The normalized spacial score (nSPS) is 15.7. The zero-order chi connectivity index (χ0) is 17.2. The molecule has 2 N–H and O–H groups in total. The van der Waals surface area contributed by atoms with E-state index in [1.54, 1.807) is 7.05 Å². The van der Waals surface area contributed by atoms with Crippen LogP contribution in [-0.2, 0) is 14.4 Å². The average molecular weight is 325 g/mol. The maximum absolute atomic E-state index is 12.2. The second-order valence-corrected chi connectivity index (χ2v) is 6.58. The number of carbonyl (C=O) groups is 3. The number of nitrogens with zero attached hydrogens (tertiary/aromatic N) is 1. The Labute approximate surface area is 139 Å². The second-order valence-electron chi connectivity index (χ2n) is 6.58. The summed E-state index contributed by atoms with van der Waals surface area (Å²) in [5.74, 6) is 0.535. The third-order valence-corrected chi connectivity index (χ3v) is 4.26. The van der Waals surface area contributed by atoms with Crippen LogP contribution in [0.1, 0.15) is 52.4 Å². The van der Waals surface area contributed by atoms with Crippen LogP contribution in [0.4, 0.5) is 0 Å². The fraction of sp³-hybridized carbons (Fsp3) is 0.824. The van der Waals surface area contributed by atoms with Gasteiger partial charge in [0.1, 0.15) is 5.78 Å². The van der Waals surface area contributed by atoms with E-state index >= 15 is 0 Å². The number of likely N-dealkylation sites (tertiary alicyclic amines) is 1. The molecule has 0 aromatic rings. The summed E-state index contributed by atoms with van der Waals surface area (Å²) in [6.07, 6.45) is 4.28. The maximum atomic E-state index is 12.2. The molecule has 1 heterocycles. The molecule has 0 saturated carbocycles. The van der Waals surface area contributed by atoms with Crippen LogP contribution in [-0.4, -0.2) is 55.2 Å². The number of hydrogen-bond donors (Lipinski definition) is 2. The fourth-order valence-electron chi connectivity index (χ4n) is 2.73. The topological polar surface area (TPSA) is 78.5 Å². The van der Waals surface area contributed by atoms with Crippen molar-refractivity contribution in [3.05, 3.63) is 0 Å². The van der Waals surface area contributed by atoms with E-state index in [1.807, 2.05) is 18.7 Å². The fourth-order valence-corrected chi connectivity index (χ4v) is 2.73. The van der Waals surface area contributed by atoms with Crippen molar-refractivity contribution in [3.63, 3.8) is 0 Å². The summed E-state index contributed by atoms with van der Waals surface area (Å²) in [5.41, 5.74) is 0. The smallest absolute Gasteiger partial charge is 0.234 e. The number of Topliss-reactive ketones (excluding diaryl/α,β-unsaturated/α-hetero) is 1. The summed E-state index contributed by atoms with van der Waals surface area (Å²) in [5, 5.41) is 5.80. The number of nitrogens with one attached hydrogen (secondary N) is 2. The van der Waals surface area contributed by atoms with Gasteiger partial charge < -0.3 is 15.5 Å². The Morgan fingerprint density at radius 1 is 1.09 bits per heavy atom. The first-order chi connectivity index (χ1) is 10.9. The Morgan fingerprint density at radius 2 is 1.70 bits per heavy atom. The number of carbonyl (C=O) groups excluding carboxylic acids is 3. The van der Waals surface area contributed by atoms with Crippen molar-refractivity contribution in [3.8, 4) is 0 Å². The van der Waals surface area contributed by atoms with Crippen LogP contribution >= 0.6 is 0 Å². The second kappa shape index (κ2) is 10.4. The lowest BCUT2D eigenvalue weighted by Gasteiger charge is -2.32. The SMILES string of the molecule is CNCC(=O)NC1CCN(C(=O)CCCCC(=O)C(C)C)CC1. The van der Waals surface area contributed by atoms with Gasteiger partial charge in [0.05, 0.1) is 6.54 Å². The molecular weight excluding hydrogens is 294 g/mol. The van der Waals surface area contributed by atoms with Gasteiger partial charge in [0.15, 0.2) is 0 Å². The lowest BCUT2D eigenvalue weighted by molar-refractivity contribution is -0.132. The molecule has 0 radical (unpaired) electrons. The van der Waals surface area contributed by atoms with Crippen molar-refractivity contribution in [2.75, 3.05) is 26.7 Å². The molecule has 6 nitrogen and oxygen atoms in total. The van der Waals surface area contributed by atoms with E-state index in [-0.39, 0.29) is 29.6 Å². The minimum Gasteiger partial charge on any atom is -0.352 e. The first kappa shape index (κ1) is 19.6. The highest BCUT2D eigenvalue weighted by Gasteiger charge is 2.23. The van der Waals surface area contributed by atoms with Crippen molar-refractivity contribution in [2.45, 2.75) is 58.4 Å². The van der Waals surface area contributed by atoms with Crippen molar-refractivity contribution < 1.29 is 14.4 Å². The molecule has 1 saturated heterocycles. The number of amides is 2. The van der Waals surface area contributed by atoms with E-state index in [2.05, 4.69) is 10.6 Å². The number of rotatable bonds is 9. The summed E-state index contributed by atoms with van der Waals surface area (Å²) in [6, 6.07) is 0.170. The number of piperidine rings is 1. The molecule has 1 fully saturated rings. The zero-order valence-corrected chi connectivity index (χ0v) is 14.7. The van der Waals surface area contributed by atoms with Gasteiger partial charge in [-0.2, -0.15) is 0 Å². The van der Waals surface area contributed by atoms with Crippen molar-refractivity contribution in [2.24, 2.45) is 5.92 Å². The van der Waals surface area contributed by atoms with E-state index in [9.17, 15) is 14.4 Å². The van der Waals surface area contributed by atoms with Crippen molar-refractivity contribution in [1.82, 2.24) is 15.5 Å². The minimum absolute atomic E-state index is 0.00657. The van der Waals surface area contributed by atoms with E-state index in [1.165, 1.54) is 0 Å². The summed E-state index contributed by atoms with van der Waals surface area (Å²) in [4.78, 5) is 37.1. The summed E-state index contributed by atoms with van der Waals surface area (Å²) < 4.78 is 0. The molecule has 0 spiro atoms. The third kappa shape index (κ3) is 7.59. The zero-order valence-electron chi connectivity index (χ0n) is 14.7. The van der Waals surface area contributed by atoms with Gasteiger partial charge in [0.2, 0.25) is 11.8 Å². The van der Waals surface area contributed by atoms with Crippen molar-refractivity contribution >= 4 is 17.6 Å². The highest BCUT2D eigenvalue weighted by atomic mass is 16.2. The Hall–Kier alpha value is -1.43. The van der Waals surface area contributed by atoms with Gasteiger partial charge in [-0.05, 0) is 32.7 Å². The molecule has 0 aromatic heterocycles.